The number of halogens is 1. The Hall–Kier alpha value is -1.48. The largest absolute Gasteiger partial charge is 0.338 e. The fourth-order valence-electron chi connectivity index (χ4n) is 1.40. The Morgan fingerprint density at radius 1 is 1.47 bits per heavy atom. The van der Waals surface area contributed by atoms with E-state index in [1.807, 2.05) is 24.3 Å². The van der Waals surface area contributed by atoms with Gasteiger partial charge in [-0.05, 0) is 12.1 Å². The highest BCUT2D eigenvalue weighted by molar-refractivity contribution is 7.98. The number of benzene rings is 1. The molecule has 0 spiro atoms. The predicted molar refractivity (Wildman–Crippen MR) is 75.7 cm³/mol. The van der Waals surface area contributed by atoms with Crippen LogP contribution in [-0.2, 0) is 5.75 Å². The molecule has 0 saturated heterocycles. The molecule has 0 aliphatic carbocycles. The van der Waals surface area contributed by atoms with Gasteiger partial charge in [0.25, 0.3) is 0 Å². The summed E-state index contributed by atoms with van der Waals surface area (Å²) in [7, 11) is 0. The SMILES string of the molecule is C#CCC(N)c1nc(CSc2ccccc2Cl)no1. The lowest BCUT2D eigenvalue weighted by Crippen LogP contribution is -2.09. The topological polar surface area (TPSA) is 64.9 Å². The summed E-state index contributed by atoms with van der Waals surface area (Å²) >= 11 is 7.60. The Morgan fingerprint density at radius 2 is 2.26 bits per heavy atom. The van der Waals surface area contributed by atoms with Crippen molar-refractivity contribution in [2.45, 2.75) is 23.1 Å². The molecule has 1 unspecified atom stereocenters. The molecule has 0 radical (unpaired) electrons. The highest BCUT2D eigenvalue weighted by Gasteiger charge is 2.14. The molecule has 0 aliphatic rings. The number of hydrogen-bond donors (Lipinski definition) is 1. The van der Waals surface area contributed by atoms with E-state index in [0.717, 1.165) is 4.90 Å². The molecule has 19 heavy (non-hydrogen) atoms. The summed E-state index contributed by atoms with van der Waals surface area (Å²) in [6, 6.07) is 7.19. The Morgan fingerprint density at radius 3 is 3.00 bits per heavy atom. The van der Waals surface area contributed by atoms with E-state index in [-0.39, 0.29) is 0 Å². The first-order chi connectivity index (χ1) is 9.20. The second-order valence-electron chi connectivity index (χ2n) is 3.78. The van der Waals surface area contributed by atoms with Crippen molar-refractivity contribution in [1.29, 1.82) is 0 Å². The van der Waals surface area contributed by atoms with Gasteiger partial charge < -0.3 is 10.3 Å². The van der Waals surface area contributed by atoms with Crippen LogP contribution in [0.1, 0.15) is 24.2 Å². The molecule has 2 aromatic rings. The summed E-state index contributed by atoms with van der Waals surface area (Å²) in [5.41, 5.74) is 5.78. The molecule has 0 saturated carbocycles. The van der Waals surface area contributed by atoms with Crippen LogP contribution in [0.4, 0.5) is 0 Å². The molecule has 0 aliphatic heterocycles. The summed E-state index contributed by atoms with van der Waals surface area (Å²) in [5.74, 6) is 3.98. The average Bonchev–Trinajstić information content (AvgIpc) is 2.87. The van der Waals surface area contributed by atoms with Crippen LogP contribution in [0.5, 0.6) is 0 Å². The predicted octanol–water partition coefficient (Wildman–Crippen LogP) is 3.04. The van der Waals surface area contributed by atoms with Gasteiger partial charge >= 0.3 is 0 Å². The van der Waals surface area contributed by atoms with E-state index in [1.165, 1.54) is 0 Å². The molecular weight excluding hydrogens is 282 g/mol. The van der Waals surface area contributed by atoms with Gasteiger partial charge in [-0.3, -0.25) is 0 Å². The molecule has 1 aromatic heterocycles. The summed E-state index contributed by atoms with van der Waals surface area (Å²) in [5, 5.41) is 4.57. The van der Waals surface area contributed by atoms with Crippen LogP contribution in [0.2, 0.25) is 5.02 Å². The van der Waals surface area contributed by atoms with Gasteiger partial charge in [-0.15, -0.1) is 24.1 Å². The van der Waals surface area contributed by atoms with E-state index in [9.17, 15) is 0 Å². The molecule has 6 heteroatoms. The zero-order valence-corrected chi connectivity index (χ0v) is 11.6. The molecule has 4 nitrogen and oxygen atoms in total. The maximum atomic E-state index is 6.06. The fourth-order valence-corrected chi connectivity index (χ4v) is 2.48. The quantitative estimate of drug-likeness (QED) is 0.678. The van der Waals surface area contributed by atoms with Gasteiger partial charge in [-0.2, -0.15) is 4.98 Å². The lowest BCUT2D eigenvalue weighted by molar-refractivity contribution is 0.353. The summed E-state index contributed by atoms with van der Waals surface area (Å²) in [6.07, 6.45) is 5.56. The fraction of sp³-hybridized carbons (Fsp3) is 0.231. The highest BCUT2D eigenvalue weighted by Crippen LogP contribution is 2.28. The second-order valence-corrected chi connectivity index (χ2v) is 5.21. The Labute approximate surface area is 120 Å². The van der Waals surface area contributed by atoms with E-state index in [0.29, 0.717) is 28.9 Å². The number of nitrogens with two attached hydrogens (primary N) is 1. The Balaban J connectivity index is 1.98. The van der Waals surface area contributed by atoms with Crippen molar-refractivity contribution in [1.82, 2.24) is 10.1 Å². The third-order valence-electron chi connectivity index (χ3n) is 2.33. The van der Waals surface area contributed by atoms with E-state index in [1.54, 1.807) is 11.8 Å². The molecular formula is C13H12ClN3OS. The lowest BCUT2D eigenvalue weighted by atomic mass is 10.2. The van der Waals surface area contributed by atoms with Gasteiger partial charge in [0, 0.05) is 11.3 Å². The third kappa shape index (κ3) is 3.74. The summed E-state index contributed by atoms with van der Waals surface area (Å²) in [4.78, 5) is 5.19. The molecule has 0 bridgehead atoms. The first-order valence-electron chi connectivity index (χ1n) is 5.59. The molecule has 1 atom stereocenters. The molecule has 1 heterocycles. The second kappa shape index (κ2) is 6.62. The highest BCUT2D eigenvalue weighted by atomic mass is 35.5. The van der Waals surface area contributed by atoms with Gasteiger partial charge in [-0.25, -0.2) is 0 Å². The minimum Gasteiger partial charge on any atom is -0.338 e. The summed E-state index contributed by atoms with van der Waals surface area (Å²) in [6.45, 7) is 0. The van der Waals surface area contributed by atoms with Crippen molar-refractivity contribution in [2.75, 3.05) is 0 Å². The van der Waals surface area contributed by atoms with Gasteiger partial charge in [0.2, 0.25) is 5.89 Å². The number of aromatic nitrogens is 2. The van der Waals surface area contributed by atoms with Gasteiger partial charge in [0.1, 0.15) is 0 Å². The van der Waals surface area contributed by atoms with Crippen LogP contribution in [0.25, 0.3) is 0 Å². The van der Waals surface area contributed by atoms with Crippen LogP contribution in [0.15, 0.2) is 33.7 Å². The van der Waals surface area contributed by atoms with Gasteiger partial charge in [0.05, 0.1) is 16.8 Å². The normalized spacial score (nSPS) is 12.1. The van der Waals surface area contributed by atoms with Crippen LogP contribution in [-0.4, -0.2) is 10.1 Å². The Bertz CT molecular complexity index is 594. The lowest BCUT2D eigenvalue weighted by Gasteiger charge is -2.00. The van der Waals surface area contributed by atoms with Crippen LogP contribution < -0.4 is 5.73 Å². The monoisotopic (exact) mass is 293 g/mol. The standard InChI is InChI=1S/C13H12ClN3OS/c1-2-5-10(15)13-16-12(17-18-13)8-19-11-7-4-3-6-9(11)14/h1,3-4,6-7,10H,5,8,15H2. The number of thioether (sulfide) groups is 1. The zero-order chi connectivity index (χ0) is 13.7. The van der Waals surface area contributed by atoms with Crippen LogP contribution in [0.3, 0.4) is 0 Å². The van der Waals surface area contributed by atoms with Crippen molar-refractivity contribution in [3.8, 4) is 12.3 Å². The minimum absolute atomic E-state index is 0.368. The molecule has 1 aromatic carbocycles. The first kappa shape index (κ1) is 13.9. The number of rotatable bonds is 5. The first-order valence-corrected chi connectivity index (χ1v) is 6.96. The van der Waals surface area contributed by atoms with Crippen molar-refractivity contribution < 1.29 is 4.52 Å². The molecule has 2 rings (SSSR count). The molecule has 0 amide bonds. The van der Waals surface area contributed by atoms with Crippen LogP contribution >= 0.6 is 23.4 Å². The zero-order valence-electron chi connectivity index (χ0n) is 10.0. The van der Waals surface area contributed by atoms with Crippen molar-refractivity contribution in [3.05, 3.63) is 41.0 Å². The van der Waals surface area contributed by atoms with Gasteiger partial charge in [0.15, 0.2) is 5.82 Å². The van der Waals surface area contributed by atoms with Crippen molar-refractivity contribution in [2.24, 2.45) is 5.73 Å². The van der Waals surface area contributed by atoms with E-state index >= 15 is 0 Å². The smallest absolute Gasteiger partial charge is 0.244 e. The van der Waals surface area contributed by atoms with E-state index in [2.05, 4.69) is 16.1 Å². The Kier molecular flexibility index (Phi) is 4.86. The van der Waals surface area contributed by atoms with E-state index < -0.39 is 6.04 Å². The molecule has 0 fully saturated rings. The minimum atomic E-state index is -0.406. The van der Waals surface area contributed by atoms with Crippen molar-refractivity contribution >= 4 is 23.4 Å². The summed E-state index contributed by atoms with van der Waals surface area (Å²) < 4.78 is 5.07. The van der Waals surface area contributed by atoms with E-state index in [4.69, 9.17) is 28.3 Å². The third-order valence-corrected chi connectivity index (χ3v) is 3.84. The van der Waals surface area contributed by atoms with Crippen molar-refractivity contribution in [3.63, 3.8) is 0 Å². The number of hydrogen-bond acceptors (Lipinski definition) is 5. The van der Waals surface area contributed by atoms with Gasteiger partial charge in [-0.1, -0.05) is 28.9 Å². The number of nitrogens with zero attached hydrogens (tertiary/aromatic N) is 2. The number of terminal acetylenes is 1. The molecule has 2 N–H and O–H groups in total. The maximum Gasteiger partial charge on any atom is 0.244 e. The molecule has 98 valence electrons. The van der Waals surface area contributed by atoms with Crippen LogP contribution in [0, 0.1) is 12.3 Å². The average molecular weight is 294 g/mol. The maximum absolute atomic E-state index is 6.06.